The van der Waals surface area contributed by atoms with Crippen LogP contribution in [0.1, 0.15) is 19.4 Å². The molecular formula is C12H18BrNO2. The summed E-state index contributed by atoms with van der Waals surface area (Å²) in [5.74, 6) is 1.53. The largest absolute Gasteiger partial charge is 0.495 e. The van der Waals surface area contributed by atoms with Gasteiger partial charge in [0.05, 0.1) is 14.2 Å². The molecule has 1 aromatic carbocycles. The molecule has 0 radical (unpaired) electrons. The van der Waals surface area contributed by atoms with Gasteiger partial charge in [-0.2, -0.15) is 0 Å². The summed E-state index contributed by atoms with van der Waals surface area (Å²) in [5, 5.41) is 0. The van der Waals surface area contributed by atoms with Gasteiger partial charge >= 0.3 is 0 Å². The van der Waals surface area contributed by atoms with Crippen molar-refractivity contribution < 1.29 is 9.47 Å². The summed E-state index contributed by atoms with van der Waals surface area (Å²) in [6.45, 7) is 3.99. The zero-order chi connectivity index (χ0) is 12.3. The molecule has 0 aliphatic heterocycles. The van der Waals surface area contributed by atoms with Gasteiger partial charge in [-0.3, -0.25) is 0 Å². The number of benzene rings is 1. The van der Waals surface area contributed by atoms with Crippen molar-refractivity contribution >= 4 is 15.9 Å². The Hall–Kier alpha value is -0.740. The molecule has 16 heavy (non-hydrogen) atoms. The summed E-state index contributed by atoms with van der Waals surface area (Å²) in [7, 11) is 3.27. The van der Waals surface area contributed by atoms with E-state index in [1.807, 2.05) is 26.0 Å². The fraction of sp³-hybridized carbons (Fsp3) is 0.500. The van der Waals surface area contributed by atoms with Crippen molar-refractivity contribution in [3.8, 4) is 11.5 Å². The first-order chi connectivity index (χ1) is 7.37. The van der Waals surface area contributed by atoms with Crippen molar-refractivity contribution in [1.29, 1.82) is 0 Å². The molecule has 3 nitrogen and oxygen atoms in total. The van der Waals surface area contributed by atoms with Crippen LogP contribution in [0.4, 0.5) is 0 Å². The van der Waals surface area contributed by atoms with E-state index in [1.165, 1.54) is 0 Å². The maximum atomic E-state index is 6.00. The fourth-order valence-corrected chi connectivity index (χ4v) is 2.10. The lowest BCUT2D eigenvalue weighted by molar-refractivity contribution is 0.387. The molecule has 0 fully saturated rings. The predicted octanol–water partition coefficient (Wildman–Crippen LogP) is 2.75. The zero-order valence-electron chi connectivity index (χ0n) is 10.1. The summed E-state index contributed by atoms with van der Waals surface area (Å²) in [5.41, 5.74) is 6.85. The van der Waals surface area contributed by atoms with E-state index in [1.54, 1.807) is 14.2 Å². The van der Waals surface area contributed by atoms with Crippen molar-refractivity contribution in [2.75, 3.05) is 14.2 Å². The fourth-order valence-electron chi connectivity index (χ4n) is 1.55. The average Bonchev–Trinajstić information content (AvgIpc) is 2.18. The topological polar surface area (TPSA) is 44.5 Å². The van der Waals surface area contributed by atoms with E-state index in [0.29, 0.717) is 0 Å². The van der Waals surface area contributed by atoms with E-state index < -0.39 is 0 Å². The minimum atomic E-state index is -0.246. The third-order valence-electron chi connectivity index (χ3n) is 2.17. The van der Waals surface area contributed by atoms with E-state index in [9.17, 15) is 0 Å². The number of rotatable bonds is 4. The van der Waals surface area contributed by atoms with Gasteiger partial charge in [0, 0.05) is 5.54 Å². The standard InChI is InChI=1S/C12H18BrNO2/c1-12(2,14)7-8-5-9(15-3)11(13)10(6-8)16-4/h5-6H,7,14H2,1-4H3. The maximum Gasteiger partial charge on any atom is 0.137 e. The van der Waals surface area contributed by atoms with E-state index >= 15 is 0 Å². The minimum absolute atomic E-state index is 0.246. The van der Waals surface area contributed by atoms with Crippen molar-refractivity contribution in [2.45, 2.75) is 25.8 Å². The van der Waals surface area contributed by atoms with Crippen molar-refractivity contribution in [3.63, 3.8) is 0 Å². The van der Waals surface area contributed by atoms with Crippen LogP contribution < -0.4 is 15.2 Å². The Bertz CT molecular complexity index is 347. The summed E-state index contributed by atoms with van der Waals surface area (Å²) in [6, 6.07) is 3.95. The second-order valence-electron chi connectivity index (χ2n) is 4.48. The van der Waals surface area contributed by atoms with Gasteiger partial charge in [-0.05, 0) is 53.9 Å². The van der Waals surface area contributed by atoms with Crippen molar-refractivity contribution in [3.05, 3.63) is 22.2 Å². The second-order valence-corrected chi connectivity index (χ2v) is 5.27. The third-order valence-corrected chi connectivity index (χ3v) is 2.95. The Morgan fingerprint density at radius 3 is 1.94 bits per heavy atom. The number of nitrogens with two attached hydrogens (primary N) is 1. The summed E-state index contributed by atoms with van der Waals surface area (Å²) in [4.78, 5) is 0. The Labute approximate surface area is 105 Å². The second kappa shape index (κ2) is 5.06. The molecule has 0 saturated heterocycles. The van der Waals surface area contributed by atoms with Crippen LogP contribution in [-0.4, -0.2) is 19.8 Å². The molecule has 0 bridgehead atoms. The molecule has 1 aromatic rings. The molecule has 4 heteroatoms. The highest BCUT2D eigenvalue weighted by molar-refractivity contribution is 9.10. The Balaban J connectivity index is 3.12. The van der Waals surface area contributed by atoms with Gasteiger partial charge in [0.1, 0.15) is 16.0 Å². The van der Waals surface area contributed by atoms with Gasteiger partial charge in [-0.15, -0.1) is 0 Å². The molecule has 90 valence electrons. The average molecular weight is 288 g/mol. The van der Waals surface area contributed by atoms with E-state index in [2.05, 4.69) is 15.9 Å². The summed E-state index contributed by atoms with van der Waals surface area (Å²) >= 11 is 3.43. The first kappa shape index (κ1) is 13.3. The minimum Gasteiger partial charge on any atom is -0.495 e. The van der Waals surface area contributed by atoms with Crippen LogP contribution in [0.3, 0.4) is 0 Å². The number of halogens is 1. The molecule has 0 atom stereocenters. The van der Waals surface area contributed by atoms with Crippen LogP contribution in [0.25, 0.3) is 0 Å². The zero-order valence-corrected chi connectivity index (χ0v) is 11.7. The van der Waals surface area contributed by atoms with Crippen LogP contribution in [0, 0.1) is 0 Å². The lowest BCUT2D eigenvalue weighted by Gasteiger charge is -2.20. The maximum absolute atomic E-state index is 6.00. The molecule has 0 aliphatic carbocycles. The highest BCUT2D eigenvalue weighted by atomic mass is 79.9. The Kier molecular flexibility index (Phi) is 4.21. The van der Waals surface area contributed by atoms with Crippen LogP contribution in [0.2, 0.25) is 0 Å². The first-order valence-corrected chi connectivity index (χ1v) is 5.86. The molecule has 0 aromatic heterocycles. The van der Waals surface area contributed by atoms with Crippen LogP contribution in [-0.2, 0) is 6.42 Å². The normalized spacial score (nSPS) is 11.4. The van der Waals surface area contributed by atoms with Gasteiger partial charge in [0.15, 0.2) is 0 Å². The van der Waals surface area contributed by atoms with E-state index in [-0.39, 0.29) is 5.54 Å². The number of hydrogen-bond acceptors (Lipinski definition) is 3. The molecule has 2 N–H and O–H groups in total. The monoisotopic (exact) mass is 287 g/mol. The summed E-state index contributed by atoms with van der Waals surface area (Å²) in [6.07, 6.45) is 0.771. The van der Waals surface area contributed by atoms with Crippen LogP contribution >= 0.6 is 15.9 Å². The molecule has 0 spiro atoms. The van der Waals surface area contributed by atoms with Crippen molar-refractivity contribution in [1.82, 2.24) is 0 Å². The van der Waals surface area contributed by atoms with Gasteiger partial charge in [0.25, 0.3) is 0 Å². The predicted molar refractivity (Wildman–Crippen MR) is 69.2 cm³/mol. The highest BCUT2D eigenvalue weighted by Crippen LogP contribution is 2.36. The smallest absolute Gasteiger partial charge is 0.137 e. The molecule has 0 amide bonds. The van der Waals surface area contributed by atoms with Gasteiger partial charge in [0.2, 0.25) is 0 Å². The number of hydrogen-bond donors (Lipinski definition) is 1. The SMILES string of the molecule is COc1cc(CC(C)(C)N)cc(OC)c1Br. The molecule has 0 heterocycles. The van der Waals surface area contributed by atoms with Gasteiger partial charge < -0.3 is 15.2 Å². The number of methoxy groups -OCH3 is 2. The molecular weight excluding hydrogens is 270 g/mol. The quantitative estimate of drug-likeness (QED) is 0.926. The highest BCUT2D eigenvalue weighted by Gasteiger charge is 2.15. The lowest BCUT2D eigenvalue weighted by Crippen LogP contribution is -2.34. The van der Waals surface area contributed by atoms with Gasteiger partial charge in [-0.25, -0.2) is 0 Å². The lowest BCUT2D eigenvalue weighted by atomic mass is 9.96. The van der Waals surface area contributed by atoms with Crippen molar-refractivity contribution in [2.24, 2.45) is 5.73 Å². The molecule has 0 saturated carbocycles. The summed E-state index contributed by atoms with van der Waals surface area (Å²) < 4.78 is 11.4. The first-order valence-electron chi connectivity index (χ1n) is 5.06. The number of ether oxygens (including phenoxy) is 2. The molecule has 1 rings (SSSR count). The Morgan fingerprint density at radius 2 is 1.62 bits per heavy atom. The van der Waals surface area contributed by atoms with Crippen LogP contribution in [0.5, 0.6) is 11.5 Å². The molecule has 0 aliphatic rings. The van der Waals surface area contributed by atoms with Crippen LogP contribution in [0.15, 0.2) is 16.6 Å². The third kappa shape index (κ3) is 3.39. The van der Waals surface area contributed by atoms with Gasteiger partial charge in [-0.1, -0.05) is 0 Å². The van der Waals surface area contributed by atoms with E-state index in [4.69, 9.17) is 15.2 Å². The molecule has 0 unspecified atom stereocenters. The van der Waals surface area contributed by atoms with E-state index in [0.717, 1.165) is 28.0 Å². The Morgan fingerprint density at radius 1 is 1.19 bits per heavy atom.